The van der Waals surface area contributed by atoms with Crippen LogP contribution in [0.3, 0.4) is 0 Å². The van der Waals surface area contributed by atoms with Gasteiger partial charge in [-0.15, -0.1) is 0 Å². The highest BCUT2D eigenvalue weighted by atomic mass is 16.4. The zero-order valence-corrected chi connectivity index (χ0v) is 7.80. The molecule has 0 bridgehead atoms. The molecule has 0 aromatic carbocycles. The van der Waals surface area contributed by atoms with E-state index in [1.807, 2.05) is 6.92 Å². The Morgan fingerprint density at radius 3 is 2.36 bits per heavy atom. The molecule has 2 fully saturated rings. The minimum absolute atomic E-state index is 0.0337. The number of hydrogen-bond acceptors (Lipinski definition) is 3. The maximum atomic E-state index is 11.0. The van der Waals surface area contributed by atoms with Gasteiger partial charge in [0.1, 0.15) is 5.54 Å². The summed E-state index contributed by atoms with van der Waals surface area (Å²) in [5, 5.41) is 17.8. The fourth-order valence-corrected chi connectivity index (χ4v) is 3.06. The third-order valence-electron chi connectivity index (χ3n) is 3.67. The van der Waals surface area contributed by atoms with Gasteiger partial charge in [0, 0.05) is 5.92 Å². The summed E-state index contributed by atoms with van der Waals surface area (Å²) in [6.45, 7) is 1.87. The summed E-state index contributed by atoms with van der Waals surface area (Å²) in [6.07, 6.45) is 0.390. The summed E-state index contributed by atoms with van der Waals surface area (Å²) in [7, 11) is 0. The Balaban J connectivity index is 2.26. The summed E-state index contributed by atoms with van der Waals surface area (Å²) < 4.78 is 0. The first-order valence-electron chi connectivity index (χ1n) is 4.64. The molecule has 14 heavy (non-hydrogen) atoms. The molecule has 0 aromatic heterocycles. The molecule has 0 aromatic rings. The normalized spacial score (nSPS) is 49.9. The van der Waals surface area contributed by atoms with Crippen molar-refractivity contribution in [1.29, 1.82) is 0 Å². The van der Waals surface area contributed by atoms with Crippen LogP contribution in [-0.2, 0) is 9.59 Å². The first-order chi connectivity index (χ1) is 6.39. The molecule has 0 aliphatic heterocycles. The lowest BCUT2D eigenvalue weighted by Crippen LogP contribution is -2.50. The maximum Gasteiger partial charge on any atom is 0.324 e. The van der Waals surface area contributed by atoms with Crippen LogP contribution in [0.2, 0.25) is 0 Å². The monoisotopic (exact) mass is 199 g/mol. The number of aliphatic carboxylic acids is 2. The molecule has 0 heterocycles. The van der Waals surface area contributed by atoms with E-state index < -0.39 is 23.4 Å². The highest BCUT2D eigenvalue weighted by Gasteiger charge is 2.72. The molecule has 2 aliphatic carbocycles. The second-order valence-corrected chi connectivity index (χ2v) is 4.49. The molecule has 0 spiro atoms. The number of fused-ring (bicyclic) bond motifs is 1. The lowest BCUT2D eigenvalue weighted by Gasteiger charge is -2.22. The minimum Gasteiger partial charge on any atom is -0.481 e. The third-order valence-corrected chi connectivity index (χ3v) is 3.67. The second kappa shape index (κ2) is 2.48. The Morgan fingerprint density at radius 2 is 2.00 bits per heavy atom. The van der Waals surface area contributed by atoms with Gasteiger partial charge in [0.15, 0.2) is 0 Å². The molecule has 5 heteroatoms. The number of nitrogens with two attached hydrogens (primary N) is 1. The Hall–Kier alpha value is -1.10. The topological polar surface area (TPSA) is 101 Å². The van der Waals surface area contributed by atoms with E-state index in [-0.39, 0.29) is 17.8 Å². The van der Waals surface area contributed by atoms with Crippen molar-refractivity contribution in [2.24, 2.45) is 29.4 Å². The molecule has 2 aliphatic rings. The molecule has 4 N–H and O–H groups in total. The van der Waals surface area contributed by atoms with Crippen molar-refractivity contribution in [1.82, 2.24) is 0 Å². The number of carboxylic acids is 2. The molecule has 78 valence electrons. The van der Waals surface area contributed by atoms with Crippen LogP contribution in [0.1, 0.15) is 13.3 Å². The Morgan fingerprint density at radius 1 is 1.43 bits per heavy atom. The molecular weight excluding hydrogens is 186 g/mol. The molecule has 0 amide bonds. The van der Waals surface area contributed by atoms with Crippen molar-refractivity contribution in [3.8, 4) is 0 Å². The number of carboxylic acid groups (broad SMARTS) is 2. The fraction of sp³-hybridized carbons (Fsp3) is 0.778. The Labute approximate surface area is 80.9 Å². The van der Waals surface area contributed by atoms with E-state index in [9.17, 15) is 9.59 Å². The number of rotatable bonds is 2. The van der Waals surface area contributed by atoms with E-state index in [1.54, 1.807) is 0 Å². The van der Waals surface area contributed by atoms with Gasteiger partial charge in [0.05, 0.1) is 5.92 Å². The smallest absolute Gasteiger partial charge is 0.324 e. The minimum atomic E-state index is -1.31. The zero-order chi connectivity index (χ0) is 10.7. The van der Waals surface area contributed by atoms with Gasteiger partial charge in [0.25, 0.3) is 0 Å². The predicted octanol–water partition coefficient (Wildman–Crippen LogP) is -0.245. The molecule has 4 unspecified atom stereocenters. The van der Waals surface area contributed by atoms with E-state index in [0.717, 1.165) is 0 Å². The third kappa shape index (κ3) is 0.930. The van der Waals surface area contributed by atoms with Gasteiger partial charge in [-0.25, -0.2) is 0 Å². The van der Waals surface area contributed by atoms with Crippen LogP contribution in [0, 0.1) is 23.7 Å². The van der Waals surface area contributed by atoms with E-state index in [1.165, 1.54) is 0 Å². The molecule has 2 saturated carbocycles. The van der Waals surface area contributed by atoms with Crippen LogP contribution >= 0.6 is 0 Å². The van der Waals surface area contributed by atoms with Crippen molar-refractivity contribution in [2.75, 3.05) is 0 Å². The summed E-state index contributed by atoms with van der Waals surface area (Å²) >= 11 is 0. The highest BCUT2D eigenvalue weighted by Crippen LogP contribution is 2.64. The summed E-state index contributed by atoms with van der Waals surface area (Å²) in [5.74, 6) is -2.83. The van der Waals surface area contributed by atoms with Crippen molar-refractivity contribution < 1.29 is 19.8 Å². The van der Waals surface area contributed by atoms with Gasteiger partial charge in [-0.05, 0) is 18.3 Å². The first kappa shape index (κ1) is 9.45. The average molecular weight is 199 g/mol. The van der Waals surface area contributed by atoms with Gasteiger partial charge >= 0.3 is 11.9 Å². The number of carbonyl (C=O) groups is 2. The van der Waals surface area contributed by atoms with Gasteiger partial charge in [-0.3, -0.25) is 9.59 Å². The molecule has 0 radical (unpaired) electrons. The van der Waals surface area contributed by atoms with Crippen LogP contribution < -0.4 is 5.73 Å². The lowest BCUT2D eigenvalue weighted by atomic mass is 9.88. The molecule has 5 atom stereocenters. The van der Waals surface area contributed by atoms with E-state index in [4.69, 9.17) is 15.9 Å². The van der Waals surface area contributed by atoms with E-state index in [0.29, 0.717) is 6.42 Å². The molecule has 0 saturated heterocycles. The standard InChI is InChI=1S/C9H13NO4/c1-3-2-9(10,8(13)14)6-4(3)5(6)7(11)12/h3-6H,2,10H2,1H3,(H,11,12)(H,13,14)/t3?,4?,5?,6?,9-/m1/s1. The van der Waals surface area contributed by atoms with Crippen LogP contribution in [0.4, 0.5) is 0 Å². The average Bonchev–Trinajstić information content (AvgIpc) is 2.72. The predicted molar refractivity (Wildman–Crippen MR) is 46.4 cm³/mol. The van der Waals surface area contributed by atoms with Crippen molar-refractivity contribution in [3.05, 3.63) is 0 Å². The molecular formula is C9H13NO4. The maximum absolute atomic E-state index is 11.0. The Kier molecular flexibility index (Phi) is 1.67. The van der Waals surface area contributed by atoms with Gasteiger partial charge < -0.3 is 15.9 Å². The SMILES string of the molecule is CC1C[C@](N)(C(=O)O)C2C(C(=O)O)C12. The van der Waals surface area contributed by atoms with Crippen LogP contribution in [0.15, 0.2) is 0 Å². The zero-order valence-electron chi connectivity index (χ0n) is 7.80. The lowest BCUT2D eigenvalue weighted by molar-refractivity contribution is -0.145. The summed E-state index contributed by atoms with van der Waals surface area (Å²) in [6, 6.07) is 0. The van der Waals surface area contributed by atoms with Gasteiger partial charge in [0.2, 0.25) is 0 Å². The van der Waals surface area contributed by atoms with Crippen LogP contribution in [0.25, 0.3) is 0 Å². The summed E-state index contributed by atoms with van der Waals surface area (Å²) in [5.41, 5.74) is 4.43. The Bertz CT molecular complexity index is 316. The number of hydrogen-bond donors (Lipinski definition) is 3. The first-order valence-corrected chi connectivity index (χ1v) is 4.64. The second-order valence-electron chi connectivity index (χ2n) is 4.49. The van der Waals surface area contributed by atoms with Crippen molar-refractivity contribution >= 4 is 11.9 Å². The van der Waals surface area contributed by atoms with E-state index in [2.05, 4.69) is 0 Å². The molecule has 2 rings (SSSR count). The highest BCUT2D eigenvalue weighted by molar-refractivity contribution is 5.85. The van der Waals surface area contributed by atoms with Crippen molar-refractivity contribution in [2.45, 2.75) is 18.9 Å². The van der Waals surface area contributed by atoms with Crippen LogP contribution in [-0.4, -0.2) is 27.7 Å². The fourth-order valence-electron chi connectivity index (χ4n) is 3.06. The van der Waals surface area contributed by atoms with Crippen molar-refractivity contribution in [3.63, 3.8) is 0 Å². The van der Waals surface area contributed by atoms with Gasteiger partial charge in [-0.1, -0.05) is 6.92 Å². The largest absolute Gasteiger partial charge is 0.481 e. The molecule has 5 nitrogen and oxygen atoms in total. The quantitative estimate of drug-likeness (QED) is 0.569. The summed E-state index contributed by atoms with van der Waals surface area (Å²) in [4.78, 5) is 21.7. The van der Waals surface area contributed by atoms with Crippen LogP contribution in [0.5, 0.6) is 0 Å². The van der Waals surface area contributed by atoms with E-state index >= 15 is 0 Å². The van der Waals surface area contributed by atoms with Gasteiger partial charge in [-0.2, -0.15) is 0 Å².